The number of fused-ring (bicyclic) bond motifs is 1. The van der Waals surface area contributed by atoms with Gasteiger partial charge >= 0.3 is 0 Å². The largest absolute Gasteiger partial charge is 0.356 e. The van der Waals surface area contributed by atoms with Crippen LogP contribution in [0, 0.1) is 6.92 Å². The lowest BCUT2D eigenvalue weighted by molar-refractivity contribution is 0.0931. The first-order valence-corrected chi connectivity index (χ1v) is 9.95. The lowest BCUT2D eigenvalue weighted by Crippen LogP contribution is -2.45. The van der Waals surface area contributed by atoms with Gasteiger partial charge in [-0.25, -0.2) is 9.97 Å². The molecular weight excluding hydrogens is 352 g/mol. The van der Waals surface area contributed by atoms with Crippen LogP contribution < -0.4 is 10.2 Å². The van der Waals surface area contributed by atoms with Crippen LogP contribution in [0.1, 0.15) is 47.9 Å². The summed E-state index contributed by atoms with van der Waals surface area (Å²) in [5.41, 5.74) is 3.67. The molecule has 1 aliphatic rings. The van der Waals surface area contributed by atoms with Gasteiger partial charge in [-0.05, 0) is 44.4 Å². The van der Waals surface area contributed by atoms with Gasteiger partial charge in [-0.1, -0.05) is 13.3 Å². The molecule has 1 aromatic carbocycles. The number of aromatic amines is 1. The van der Waals surface area contributed by atoms with Crippen molar-refractivity contribution in [3.63, 3.8) is 0 Å². The van der Waals surface area contributed by atoms with E-state index in [1.54, 1.807) is 6.33 Å². The molecule has 0 saturated carbocycles. The molecule has 4 rings (SSSR count). The van der Waals surface area contributed by atoms with Gasteiger partial charge in [-0.2, -0.15) is 5.10 Å². The first-order valence-electron chi connectivity index (χ1n) is 9.95. The van der Waals surface area contributed by atoms with Crippen molar-refractivity contribution in [2.24, 2.45) is 0 Å². The summed E-state index contributed by atoms with van der Waals surface area (Å²) < 4.78 is 0. The Morgan fingerprint density at radius 2 is 2.07 bits per heavy atom. The molecule has 7 nitrogen and oxygen atoms in total. The van der Waals surface area contributed by atoms with Crippen molar-refractivity contribution < 1.29 is 4.79 Å². The van der Waals surface area contributed by atoms with E-state index in [4.69, 9.17) is 0 Å². The van der Waals surface area contributed by atoms with Crippen molar-refractivity contribution in [2.75, 3.05) is 18.0 Å². The van der Waals surface area contributed by atoms with E-state index in [9.17, 15) is 4.79 Å². The molecule has 146 valence electrons. The molecule has 2 N–H and O–H groups in total. The minimum Gasteiger partial charge on any atom is -0.356 e. The second kappa shape index (κ2) is 7.96. The molecule has 0 spiro atoms. The molecule has 28 heavy (non-hydrogen) atoms. The van der Waals surface area contributed by atoms with Gasteiger partial charge in [0.25, 0.3) is 5.91 Å². The van der Waals surface area contributed by atoms with Crippen LogP contribution >= 0.6 is 0 Å². The molecule has 1 saturated heterocycles. The van der Waals surface area contributed by atoms with Crippen molar-refractivity contribution in [2.45, 2.75) is 45.6 Å². The zero-order valence-electron chi connectivity index (χ0n) is 16.4. The first kappa shape index (κ1) is 18.4. The number of H-pyrrole nitrogens is 1. The highest BCUT2D eigenvalue weighted by atomic mass is 16.1. The summed E-state index contributed by atoms with van der Waals surface area (Å²) in [5.74, 6) is 0.952. The number of rotatable bonds is 5. The van der Waals surface area contributed by atoms with E-state index in [1.807, 2.05) is 31.2 Å². The maximum absolute atomic E-state index is 12.8. The van der Waals surface area contributed by atoms with E-state index in [2.05, 4.69) is 37.3 Å². The van der Waals surface area contributed by atoms with E-state index in [0.29, 0.717) is 5.56 Å². The number of aryl methyl sites for hydroxylation is 2. The Balaban J connectivity index is 1.39. The number of nitrogens with one attached hydrogen (secondary N) is 2. The minimum absolute atomic E-state index is 0.0121. The van der Waals surface area contributed by atoms with Crippen LogP contribution in [0.4, 0.5) is 5.82 Å². The molecule has 3 heterocycles. The van der Waals surface area contributed by atoms with Gasteiger partial charge in [0, 0.05) is 47.5 Å². The molecule has 1 aliphatic heterocycles. The van der Waals surface area contributed by atoms with E-state index in [-0.39, 0.29) is 11.9 Å². The van der Waals surface area contributed by atoms with Crippen LogP contribution in [-0.4, -0.2) is 45.2 Å². The third-order valence-corrected chi connectivity index (χ3v) is 5.34. The molecule has 0 bridgehead atoms. The highest BCUT2D eigenvalue weighted by Crippen LogP contribution is 2.21. The predicted molar refractivity (Wildman–Crippen MR) is 110 cm³/mol. The monoisotopic (exact) mass is 378 g/mol. The Hall–Kier alpha value is -2.96. The molecule has 7 heteroatoms. The van der Waals surface area contributed by atoms with E-state index in [0.717, 1.165) is 66.9 Å². The number of amides is 1. The van der Waals surface area contributed by atoms with Crippen LogP contribution in [0.5, 0.6) is 0 Å². The number of carbonyl (C=O) groups excluding carboxylic acids is 1. The third kappa shape index (κ3) is 3.83. The topological polar surface area (TPSA) is 86.8 Å². The Labute approximate surface area is 164 Å². The maximum Gasteiger partial charge on any atom is 0.251 e. The number of carbonyl (C=O) groups is 1. The number of piperidine rings is 1. The molecular formula is C21H26N6O. The van der Waals surface area contributed by atoms with Crippen molar-refractivity contribution in [1.82, 2.24) is 25.5 Å². The molecule has 0 radical (unpaired) electrons. The van der Waals surface area contributed by atoms with Gasteiger partial charge in [0.15, 0.2) is 0 Å². The van der Waals surface area contributed by atoms with E-state index < -0.39 is 0 Å². The summed E-state index contributed by atoms with van der Waals surface area (Å²) in [5, 5.41) is 11.7. The molecule has 0 atom stereocenters. The summed E-state index contributed by atoms with van der Waals surface area (Å²) >= 11 is 0. The van der Waals surface area contributed by atoms with Gasteiger partial charge in [0.1, 0.15) is 12.1 Å². The average molecular weight is 378 g/mol. The number of hydrogen-bond donors (Lipinski definition) is 2. The fraction of sp³-hybridized carbons (Fsp3) is 0.429. The SMILES string of the molecule is CCCc1[nH]nc2ccc(C(=O)NC3CCN(c4cc(C)ncn4)CC3)cc12. The second-order valence-electron chi connectivity index (χ2n) is 7.44. The molecule has 1 fully saturated rings. The smallest absolute Gasteiger partial charge is 0.251 e. The lowest BCUT2D eigenvalue weighted by atomic mass is 10.0. The average Bonchev–Trinajstić information content (AvgIpc) is 3.11. The van der Waals surface area contributed by atoms with Crippen LogP contribution in [0.3, 0.4) is 0 Å². The standard InChI is InChI=1S/C21H26N6O/c1-3-4-18-17-12-15(5-6-19(17)26-25-18)21(28)24-16-7-9-27(10-8-16)20-11-14(2)22-13-23-20/h5-6,11-13,16H,3-4,7-10H2,1-2H3,(H,24,28)(H,25,26). The zero-order valence-corrected chi connectivity index (χ0v) is 16.4. The summed E-state index contributed by atoms with van der Waals surface area (Å²) in [6.07, 6.45) is 5.39. The Kier molecular flexibility index (Phi) is 5.23. The van der Waals surface area contributed by atoms with E-state index in [1.165, 1.54) is 0 Å². The van der Waals surface area contributed by atoms with Crippen LogP contribution in [-0.2, 0) is 6.42 Å². The third-order valence-electron chi connectivity index (χ3n) is 5.34. The molecule has 2 aromatic heterocycles. The van der Waals surface area contributed by atoms with Gasteiger partial charge in [0.2, 0.25) is 0 Å². The minimum atomic E-state index is -0.0121. The quantitative estimate of drug-likeness (QED) is 0.713. The van der Waals surface area contributed by atoms with Gasteiger partial charge in [-0.15, -0.1) is 0 Å². The van der Waals surface area contributed by atoms with Crippen LogP contribution in [0.2, 0.25) is 0 Å². The number of hydrogen-bond acceptors (Lipinski definition) is 5. The van der Waals surface area contributed by atoms with Crippen molar-refractivity contribution >= 4 is 22.6 Å². The number of benzene rings is 1. The highest BCUT2D eigenvalue weighted by molar-refractivity contribution is 5.98. The lowest BCUT2D eigenvalue weighted by Gasteiger charge is -2.33. The van der Waals surface area contributed by atoms with Crippen LogP contribution in [0.25, 0.3) is 10.9 Å². The van der Waals surface area contributed by atoms with Crippen molar-refractivity contribution in [1.29, 1.82) is 0 Å². The fourth-order valence-electron chi connectivity index (χ4n) is 3.78. The normalized spacial score (nSPS) is 15.1. The number of nitrogens with zero attached hydrogens (tertiary/aromatic N) is 4. The second-order valence-corrected chi connectivity index (χ2v) is 7.44. The molecule has 1 amide bonds. The van der Waals surface area contributed by atoms with Gasteiger partial charge in [0.05, 0.1) is 5.52 Å². The summed E-state index contributed by atoms with van der Waals surface area (Å²) in [6, 6.07) is 7.92. The maximum atomic E-state index is 12.8. The number of aromatic nitrogens is 4. The molecule has 0 unspecified atom stereocenters. The summed E-state index contributed by atoms with van der Waals surface area (Å²) in [6.45, 7) is 5.87. The highest BCUT2D eigenvalue weighted by Gasteiger charge is 2.22. The van der Waals surface area contributed by atoms with Gasteiger partial charge < -0.3 is 10.2 Å². The van der Waals surface area contributed by atoms with Crippen LogP contribution in [0.15, 0.2) is 30.6 Å². The summed E-state index contributed by atoms with van der Waals surface area (Å²) in [4.78, 5) is 23.5. The summed E-state index contributed by atoms with van der Waals surface area (Å²) in [7, 11) is 0. The van der Waals surface area contributed by atoms with Crippen molar-refractivity contribution in [3.05, 3.63) is 47.5 Å². The fourth-order valence-corrected chi connectivity index (χ4v) is 3.78. The molecule has 3 aromatic rings. The van der Waals surface area contributed by atoms with E-state index >= 15 is 0 Å². The van der Waals surface area contributed by atoms with Gasteiger partial charge in [-0.3, -0.25) is 9.89 Å². The molecule has 0 aliphatic carbocycles. The predicted octanol–water partition coefficient (Wildman–Crippen LogP) is 3.01. The first-order chi connectivity index (χ1) is 13.6. The Bertz CT molecular complexity index is 974. The Morgan fingerprint density at radius 1 is 1.25 bits per heavy atom. The van der Waals surface area contributed by atoms with Crippen molar-refractivity contribution in [3.8, 4) is 0 Å². The number of anilines is 1. The Morgan fingerprint density at radius 3 is 2.82 bits per heavy atom. The zero-order chi connectivity index (χ0) is 19.5.